The van der Waals surface area contributed by atoms with Gasteiger partial charge in [-0.05, 0) is 95.3 Å². The highest BCUT2D eigenvalue weighted by atomic mass is 16.6. The summed E-state index contributed by atoms with van der Waals surface area (Å²) >= 11 is 0. The van der Waals surface area contributed by atoms with E-state index in [2.05, 4.69) is 46.7 Å². The number of unbranched alkanes of at least 4 members (excludes halogenated alkanes) is 2. The zero-order valence-electron chi connectivity index (χ0n) is 21.3. The van der Waals surface area contributed by atoms with Gasteiger partial charge >= 0.3 is 6.09 Å². The Kier molecular flexibility index (Phi) is 8.59. The van der Waals surface area contributed by atoms with Crippen molar-refractivity contribution in [2.75, 3.05) is 32.5 Å². The molecule has 2 aromatic carbocycles. The summed E-state index contributed by atoms with van der Waals surface area (Å²) in [5.41, 5.74) is 6.15. The molecule has 1 aromatic heterocycles. The third-order valence-electron chi connectivity index (χ3n) is 6.92. The first-order valence-corrected chi connectivity index (χ1v) is 12.9. The van der Waals surface area contributed by atoms with Crippen LogP contribution >= 0.6 is 0 Å². The third kappa shape index (κ3) is 6.51. The molecule has 2 N–H and O–H groups in total. The van der Waals surface area contributed by atoms with Crippen molar-refractivity contribution in [3.8, 4) is 5.75 Å². The molecule has 0 saturated carbocycles. The van der Waals surface area contributed by atoms with Crippen LogP contribution < -0.4 is 15.4 Å². The fraction of sp³-hybridized carbons (Fsp3) is 0.448. The van der Waals surface area contributed by atoms with Gasteiger partial charge in [0, 0.05) is 35.9 Å². The minimum atomic E-state index is -0.396. The van der Waals surface area contributed by atoms with Crippen LogP contribution in [0.2, 0.25) is 0 Å². The molecule has 1 aliphatic carbocycles. The van der Waals surface area contributed by atoms with E-state index >= 15 is 0 Å². The van der Waals surface area contributed by atoms with Crippen molar-refractivity contribution in [2.24, 2.45) is 0 Å². The Morgan fingerprint density at radius 2 is 1.83 bits per heavy atom. The molecule has 0 spiro atoms. The summed E-state index contributed by atoms with van der Waals surface area (Å²) in [5, 5.41) is 7.81. The first-order valence-electron chi connectivity index (χ1n) is 12.9. The van der Waals surface area contributed by atoms with E-state index in [1.165, 1.54) is 35.2 Å². The number of carbonyl (C=O) groups is 1. The van der Waals surface area contributed by atoms with Crippen LogP contribution in [0.25, 0.3) is 10.9 Å². The molecular formula is C29H38N4O2. The minimum Gasteiger partial charge on any atom is -0.410 e. The molecule has 1 atom stereocenters. The number of ether oxygens (including phenoxy) is 1. The van der Waals surface area contributed by atoms with Crippen molar-refractivity contribution < 1.29 is 9.53 Å². The number of para-hydroxylation sites is 1. The minimum absolute atomic E-state index is 0.255. The van der Waals surface area contributed by atoms with Crippen molar-refractivity contribution in [1.82, 2.24) is 15.2 Å². The second-order valence-corrected chi connectivity index (χ2v) is 9.65. The van der Waals surface area contributed by atoms with Crippen molar-refractivity contribution in [2.45, 2.75) is 57.9 Å². The van der Waals surface area contributed by atoms with E-state index in [1.54, 1.807) is 0 Å². The number of aryl methyl sites for hydroxylation is 1. The lowest BCUT2D eigenvalue weighted by Crippen LogP contribution is -2.27. The second kappa shape index (κ2) is 12.0. The lowest BCUT2D eigenvalue weighted by atomic mass is 9.92. The molecule has 0 bridgehead atoms. The number of nitrogens with zero attached hydrogens (tertiary/aromatic N) is 2. The molecular weight excluding hydrogens is 436 g/mol. The molecule has 3 aromatic rings. The Morgan fingerprint density at radius 3 is 2.69 bits per heavy atom. The largest absolute Gasteiger partial charge is 0.412 e. The van der Waals surface area contributed by atoms with Crippen LogP contribution in [0.1, 0.15) is 61.9 Å². The van der Waals surface area contributed by atoms with E-state index in [0.29, 0.717) is 12.3 Å². The number of nitrogens with one attached hydrogen (secondary N) is 2. The van der Waals surface area contributed by atoms with Crippen LogP contribution in [-0.4, -0.2) is 43.2 Å². The molecule has 0 radical (unpaired) electrons. The van der Waals surface area contributed by atoms with E-state index in [-0.39, 0.29) is 6.04 Å². The summed E-state index contributed by atoms with van der Waals surface area (Å²) in [6.45, 7) is 3.65. The van der Waals surface area contributed by atoms with Crippen molar-refractivity contribution in [1.29, 1.82) is 0 Å². The number of rotatable bonds is 10. The lowest BCUT2D eigenvalue weighted by Gasteiger charge is -2.21. The van der Waals surface area contributed by atoms with E-state index < -0.39 is 6.09 Å². The zero-order valence-corrected chi connectivity index (χ0v) is 21.3. The van der Waals surface area contributed by atoms with Crippen molar-refractivity contribution in [3.63, 3.8) is 0 Å². The van der Waals surface area contributed by atoms with Gasteiger partial charge in [0.25, 0.3) is 0 Å². The topological polar surface area (TPSA) is 66.5 Å². The van der Waals surface area contributed by atoms with E-state index in [4.69, 9.17) is 9.72 Å². The average molecular weight is 475 g/mol. The summed E-state index contributed by atoms with van der Waals surface area (Å²) in [5.74, 6) is 0.575. The predicted octanol–water partition coefficient (Wildman–Crippen LogP) is 6.11. The van der Waals surface area contributed by atoms with Gasteiger partial charge in [-0.3, -0.25) is 4.98 Å². The summed E-state index contributed by atoms with van der Waals surface area (Å²) in [7, 11) is 4.07. The molecule has 35 heavy (non-hydrogen) atoms. The quantitative estimate of drug-likeness (QED) is 0.347. The number of amides is 1. The maximum Gasteiger partial charge on any atom is 0.412 e. The van der Waals surface area contributed by atoms with Crippen LogP contribution in [0.5, 0.6) is 5.75 Å². The summed E-state index contributed by atoms with van der Waals surface area (Å²) in [6.07, 6.45) is 7.27. The van der Waals surface area contributed by atoms with Crippen molar-refractivity contribution in [3.05, 3.63) is 65.4 Å². The molecule has 6 nitrogen and oxygen atoms in total. The first-order chi connectivity index (χ1) is 17.0. The maximum atomic E-state index is 12.2. The maximum absolute atomic E-state index is 12.2. The van der Waals surface area contributed by atoms with Crippen LogP contribution in [0.4, 0.5) is 10.5 Å². The molecule has 186 valence electrons. The SMILES string of the molecule is C[C@@H](c1cccc(OC(=O)NCCCCCNc2c3c(nc4ccccc24)CCCC3)c1)N(C)C. The van der Waals surface area contributed by atoms with Gasteiger partial charge < -0.3 is 20.3 Å². The fourth-order valence-electron chi connectivity index (χ4n) is 4.68. The predicted molar refractivity (Wildman–Crippen MR) is 143 cm³/mol. The summed E-state index contributed by atoms with van der Waals surface area (Å²) in [6, 6.07) is 16.4. The zero-order chi connectivity index (χ0) is 24.6. The molecule has 0 unspecified atom stereocenters. The van der Waals surface area contributed by atoms with Gasteiger partial charge in [0.1, 0.15) is 5.75 Å². The molecule has 1 amide bonds. The first kappa shape index (κ1) is 25.0. The monoisotopic (exact) mass is 474 g/mol. The van der Waals surface area contributed by atoms with E-state index in [0.717, 1.165) is 49.7 Å². The number of hydrogen-bond acceptors (Lipinski definition) is 5. The Bertz CT molecular complexity index is 1140. The Labute approximate surface area is 209 Å². The van der Waals surface area contributed by atoms with Gasteiger partial charge in [-0.15, -0.1) is 0 Å². The Morgan fingerprint density at radius 1 is 1.03 bits per heavy atom. The van der Waals surface area contributed by atoms with Gasteiger partial charge in [-0.25, -0.2) is 4.79 Å². The lowest BCUT2D eigenvalue weighted by molar-refractivity contribution is 0.200. The van der Waals surface area contributed by atoms with Crippen LogP contribution in [0, 0.1) is 0 Å². The normalized spacial score (nSPS) is 13.9. The van der Waals surface area contributed by atoms with Gasteiger partial charge in [0.2, 0.25) is 0 Å². The van der Waals surface area contributed by atoms with Crippen LogP contribution in [0.15, 0.2) is 48.5 Å². The number of pyridine rings is 1. The smallest absolute Gasteiger partial charge is 0.410 e. The van der Waals surface area contributed by atoms with Crippen LogP contribution in [0.3, 0.4) is 0 Å². The average Bonchev–Trinajstić information content (AvgIpc) is 2.87. The van der Waals surface area contributed by atoms with E-state index in [1.807, 2.05) is 38.4 Å². The highest BCUT2D eigenvalue weighted by Gasteiger charge is 2.17. The molecule has 4 rings (SSSR count). The van der Waals surface area contributed by atoms with Gasteiger partial charge in [-0.1, -0.05) is 30.3 Å². The standard InChI is InChI=1S/C29H38N4O2/c1-21(33(2)3)22-12-11-13-23(20-22)35-29(34)31-19-10-4-9-18-30-28-24-14-5-7-16-26(24)32-27-17-8-6-15-25(27)28/h5,7,11-14,16,20-21H,4,6,8-10,15,17-19H2,1-3H3,(H,30,32)(H,31,34)/t21-/m0/s1. The van der Waals surface area contributed by atoms with Gasteiger partial charge in [0.05, 0.1) is 5.52 Å². The molecule has 0 fully saturated rings. The van der Waals surface area contributed by atoms with Crippen molar-refractivity contribution >= 4 is 22.7 Å². The number of hydrogen-bond donors (Lipinski definition) is 2. The number of carbonyl (C=O) groups excluding carboxylic acids is 1. The summed E-state index contributed by atoms with van der Waals surface area (Å²) in [4.78, 5) is 19.2. The summed E-state index contributed by atoms with van der Waals surface area (Å²) < 4.78 is 5.48. The molecule has 6 heteroatoms. The third-order valence-corrected chi connectivity index (χ3v) is 6.92. The van der Waals surface area contributed by atoms with Gasteiger partial charge in [-0.2, -0.15) is 0 Å². The highest BCUT2D eigenvalue weighted by molar-refractivity contribution is 5.93. The Hall–Kier alpha value is -3.12. The molecule has 0 aliphatic heterocycles. The van der Waals surface area contributed by atoms with Crippen LogP contribution in [-0.2, 0) is 12.8 Å². The highest BCUT2D eigenvalue weighted by Crippen LogP contribution is 2.33. The fourth-order valence-corrected chi connectivity index (χ4v) is 4.68. The molecule has 1 heterocycles. The van der Waals surface area contributed by atoms with E-state index in [9.17, 15) is 4.79 Å². The Balaban J connectivity index is 1.20. The number of aromatic nitrogens is 1. The number of benzene rings is 2. The molecule has 1 aliphatic rings. The van der Waals surface area contributed by atoms with Gasteiger partial charge in [0.15, 0.2) is 0 Å². The number of fused-ring (bicyclic) bond motifs is 2. The molecule has 0 saturated heterocycles. The number of anilines is 1. The second-order valence-electron chi connectivity index (χ2n) is 9.65.